The van der Waals surface area contributed by atoms with Gasteiger partial charge in [-0.05, 0) is 6.92 Å². The van der Waals surface area contributed by atoms with E-state index < -0.39 is 0 Å². The summed E-state index contributed by atoms with van der Waals surface area (Å²) < 4.78 is 5.75. The van der Waals surface area contributed by atoms with E-state index in [0.717, 1.165) is 22.6 Å². The largest absolute Gasteiger partial charge is 0.440 e. The Balaban J connectivity index is 0. The molecule has 1 aromatic carbocycles. The van der Waals surface area contributed by atoms with Crippen LogP contribution >= 0.6 is 0 Å². The fraction of sp³-hybridized carbons (Fsp3) is 0.348. The molecule has 0 unspecified atom stereocenters. The van der Waals surface area contributed by atoms with Gasteiger partial charge in [-0.3, -0.25) is 0 Å². The summed E-state index contributed by atoms with van der Waals surface area (Å²) in [5, 5.41) is 0. The molecule has 2 heteroatoms. The van der Waals surface area contributed by atoms with Crippen molar-refractivity contribution in [1.82, 2.24) is 4.98 Å². The highest BCUT2D eigenvalue weighted by Crippen LogP contribution is 2.30. The minimum absolute atomic E-state index is 0.660. The number of hydrogen-bond acceptors (Lipinski definition) is 2. The maximum absolute atomic E-state index is 5.75. The van der Waals surface area contributed by atoms with E-state index in [1.165, 1.54) is 0 Å². The fourth-order valence-electron chi connectivity index (χ4n) is 1.93. The maximum atomic E-state index is 5.75. The molecule has 0 atom stereocenters. The Kier molecular flexibility index (Phi) is 16.4. The van der Waals surface area contributed by atoms with Gasteiger partial charge in [0, 0.05) is 18.1 Å². The number of benzene rings is 1. The summed E-state index contributed by atoms with van der Waals surface area (Å²) >= 11 is 0. The molecule has 0 spiro atoms. The number of nitrogens with zero attached hydrogens (tertiary/aromatic N) is 1. The molecule has 0 amide bonds. The van der Waals surface area contributed by atoms with Crippen LogP contribution in [0.15, 0.2) is 65.6 Å². The van der Waals surface area contributed by atoms with Gasteiger partial charge in [-0.25, -0.2) is 4.98 Å². The van der Waals surface area contributed by atoms with Crippen LogP contribution in [0, 0.1) is 6.92 Å². The highest BCUT2D eigenvalue weighted by Gasteiger charge is 2.14. The Bertz CT molecular complexity index is 619. The van der Waals surface area contributed by atoms with Crippen molar-refractivity contribution in [2.24, 2.45) is 0 Å². The molecule has 0 saturated carbocycles. The van der Waals surface area contributed by atoms with Crippen LogP contribution in [0.5, 0.6) is 0 Å². The second-order valence-corrected chi connectivity index (χ2v) is 4.13. The first-order valence-corrected chi connectivity index (χ1v) is 9.25. The van der Waals surface area contributed by atoms with Crippen LogP contribution < -0.4 is 0 Å². The van der Waals surface area contributed by atoms with Crippen molar-refractivity contribution in [2.45, 2.75) is 55.4 Å². The molecule has 0 bridgehead atoms. The molecule has 2 rings (SSSR count). The highest BCUT2D eigenvalue weighted by molar-refractivity contribution is 5.81. The van der Waals surface area contributed by atoms with Crippen molar-refractivity contribution in [3.8, 4) is 11.3 Å². The smallest absolute Gasteiger partial charge is 0.192 e. The lowest BCUT2D eigenvalue weighted by atomic mass is 10.1. The lowest BCUT2D eigenvalue weighted by Crippen LogP contribution is -1.86. The van der Waals surface area contributed by atoms with E-state index in [2.05, 4.69) is 11.6 Å². The van der Waals surface area contributed by atoms with E-state index in [9.17, 15) is 0 Å². The zero-order valence-corrected chi connectivity index (χ0v) is 17.3. The average Bonchev–Trinajstić information content (AvgIpc) is 3.09. The highest BCUT2D eigenvalue weighted by atomic mass is 16.4. The molecule has 0 aliphatic carbocycles. The van der Waals surface area contributed by atoms with Gasteiger partial charge in [0.15, 0.2) is 11.7 Å². The molecule has 0 N–H and O–H groups in total. The Labute approximate surface area is 155 Å². The van der Waals surface area contributed by atoms with Crippen molar-refractivity contribution in [3.63, 3.8) is 0 Å². The van der Waals surface area contributed by atoms with Gasteiger partial charge in [-0.15, -0.1) is 0 Å². The summed E-state index contributed by atoms with van der Waals surface area (Å²) in [6, 6.07) is 10.0. The summed E-state index contributed by atoms with van der Waals surface area (Å²) in [5.74, 6) is 1.46. The van der Waals surface area contributed by atoms with E-state index in [0.29, 0.717) is 5.89 Å². The topological polar surface area (TPSA) is 26.0 Å². The minimum Gasteiger partial charge on any atom is -0.440 e. The zero-order chi connectivity index (χ0) is 19.7. The van der Waals surface area contributed by atoms with Crippen LogP contribution in [0.4, 0.5) is 0 Å². The summed E-state index contributed by atoms with van der Waals surface area (Å²) in [6.45, 7) is 19.6. The Hall–Kier alpha value is -2.35. The number of oxazole rings is 1. The predicted molar refractivity (Wildman–Crippen MR) is 114 cm³/mol. The third kappa shape index (κ3) is 8.35. The predicted octanol–water partition coefficient (Wildman–Crippen LogP) is 7.87. The van der Waals surface area contributed by atoms with Crippen molar-refractivity contribution >= 4 is 5.57 Å². The van der Waals surface area contributed by atoms with Crippen LogP contribution in [-0.2, 0) is 0 Å². The van der Waals surface area contributed by atoms with Crippen molar-refractivity contribution in [1.29, 1.82) is 0 Å². The molecule has 1 aromatic heterocycles. The first-order chi connectivity index (χ1) is 12.3. The first kappa shape index (κ1) is 24.9. The summed E-state index contributed by atoms with van der Waals surface area (Å²) in [4.78, 5) is 4.49. The van der Waals surface area contributed by atoms with Crippen LogP contribution in [0.25, 0.3) is 16.9 Å². The number of allylic oxidation sites excluding steroid dienone is 5. The van der Waals surface area contributed by atoms with Gasteiger partial charge in [0.1, 0.15) is 5.69 Å². The van der Waals surface area contributed by atoms with Crippen molar-refractivity contribution < 1.29 is 4.42 Å². The van der Waals surface area contributed by atoms with Gasteiger partial charge < -0.3 is 4.42 Å². The molecular weight excluding hydrogens is 306 g/mol. The third-order valence-corrected chi connectivity index (χ3v) is 2.69. The maximum Gasteiger partial charge on any atom is 0.192 e. The number of aryl methyl sites for hydroxylation is 1. The van der Waals surface area contributed by atoms with Crippen LogP contribution in [0.3, 0.4) is 0 Å². The molecule has 1 heterocycles. The number of aromatic nitrogens is 1. The average molecular weight is 342 g/mol. The van der Waals surface area contributed by atoms with Crippen LogP contribution in [0.1, 0.15) is 60.1 Å². The Morgan fingerprint density at radius 1 is 1.00 bits per heavy atom. The normalized spacial score (nSPS) is 9.84. The number of rotatable bonds is 4. The Morgan fingerprint density at radius 2 is 1.56 bits per heavy atom. The van der Waals surface area contributed by atoms with Gasteiger partial charge in [-0.1, -0.05) is 103 Å². The van der Waals surface area contributed by atoms with Crippen LogP contribution in [0.2, 0.25) is 0 Å². The van der Waals surface area contributed by atoms with E-state index in [4.69, 9.17) is 4.42 Å². The van der Waals surface area contributed by atoms with Crippen molar-refractivity contribution in [2.75, 3.05) is 0 Å². The molecule has 0 saturated heterocycles. The summed E-state index contributed by atoms with van der Waals surface area (Å²) in [7, 11) is 0. The van der Waals surface area contributed by atoms with Gasteiger partial charge >= 0.3 is 0 Å². The Morgan fingerprint density at radius 3 is 2.04 bits per heavy atom. The quantitative estimate of drug-likeness (QED) is 0.529. The molecule has 25 heavy (non-hydrogen) atoms. The summed E-state index contributed by atoms with van der Waals surface area (Å²) in [5.41, 5.74) is 2.87. The van der Waals surface area contributed by atoms with E-state index in [1.807, 2.05) is 104 Å². The second kappa shape index (κ2) is 16.5. The second-order valence-electron chi connectivity index (χ2n) is 4.13. The summed E-state index contributed by atoms with van der Waals surface area (Å²) in [6.07, 6.45) is 7.68. The zero-order valence-electron chi connectivity index (χ0n) is 17.3. The van der Waals surface area contributed by atoms with Crippen molar-refractivity contribution in [3.05, 3.63) is 72.8 Å². The molecule has 0 aliphatic rings. The monoisotopic (exact) mass is 341 g/mol. The molecule has 0 fully saturated rings. The number of hydrogen-bond donors (Lipinski definition) is 0. The van der Waals surface area contributed by atoms with Gasteiger partial charge in [-0.2, -0.15) is 0 Å². The van der Waals surface area contributed by atoms with Gasteiger partial charge in [0.05, 0.1) is 0 Å². The lowest BCUT2D eigenvalue weighted by Gasteiger charge is -2.01. The minimum atomic E-state index is 0.660. The van der Waals surface area contributed by atoms with E-state index >= 15 is 0 Å². The SMILES string of the molecule is C=C/C=C(\C=C/C)c1nc(C)oc1-c1ccccc1.CC.CC.CC. The fourth-order valence-corrected chi connectivity index (χ4v) is 1.93. The molecule has 2 nitrogen and oxygen atoms in total. The van der Waals surface area contributed by atoms with E-state index in [-0.39, 0.29) is 0 Å². The van der Waals surface area contributed by atoms with Gasteiger partial charge in [0.2, 0.25) is 0 Å². The van der Waals surface area contributed by atoms with Gasteiger partial charge in [0.25, 0.3) is 0 Å². The molecule has 0 radical (unpaired) electrons. The van der Waals surface area contributed by atoms with E-state index in [1.54, 1.807) is 6.08 Å². The molecule has 0 aliphatic heterocycles. The molecular formula is C23H35NO. The van der Waals surface area contributed by atoms with Crippen LogP contribution in [-0.4, -0.2) is 4.98 Å². The first-order valence-electron chi connectivity index (χ1n) is 9.25. The molecule has 2 aromatic rings. The third-order valence-electron chi connectivity index (χ3n) is 2.69. The standard InChI is InChI=1S/C17H17NO.3C2H6/c1-4-9-14(10-5-2)16-17(19-13(3)18-16)15-11-7-6-8-12-15;3*1-2/h4-12H,1H2,2-3H3;3*1-2H3/b10-5-,14-9+;;;. The molecule has 138 valence electrons. The lowest BCUT2D eigenvalue weighted by molar-refractivity contribution is 0.534.